The number of carbonyl (C=O) groups excluding carboxylic acids is 1. The van der Waals surface area contributed by atoms with Crippen molar-refractivity contribution in [2.75, 3.05) is 18.4 Å². The summed E-state index contributed by atoms with van der Waals surface area (Å²) in [5, 5.41) is 6.21. The van der Waals surface area contributed by atoms with Gasteiger partial charge in [0.05, 0.1) is 12.1 Å². The lowest BCUT2D eigenvalue weighted by molar-refractivity contribution is -0.141. The number of rotatable bonds is 5. The van der Waals surface area contributed by atoms with Gasteiger partial charge in [0.25, 0.3) is 0 Å². The van der Waals surface area contributed by atoms with Gasteiger partial charge in [0.2, 0.25) is 5.91 Å². The summed E-state index contributed by atoms with van der Waals surface area (Å²) in [7, 11) is 0. The van der Waals surface area contributed by atoms with Gasteiger partial charge < -0.3 is 15.4 Å². The van der Waals surface area contributed by atoms with E-state index in [1.807, 2.05) is 30.3 Å². The molecule has 4 rings (SSSR count). The van der Waals surface area contributed by atoms with Crippen molar-refractivity contribution in [1.82, 2.24) is 10.3 Å². The van der Waals surface area contributed by atoms with Crippen LogP contribution in [0.25, 0.3) is 0 Å². The van der Waals surface area contributed by atoms with Gasteiger partial charge in [-0.15, -0.1) is 24.8 Å². The Bertz CT molecular complexity index is 1030. The fraction of sp³-hybridized carbons (Fsp3) is 0.217. The molecule has 1 aliphatic rings. The third-order valence-electron chi connectivity index (χ3n) is 5.16. The van der Waals surface area contributed by atoms with Crippen LogP contribution < -0.4 is 15.4 Å². The summed E-state index contributed by atoms with van der Waals surface area (Å²) >= 11 is 0. The smallest absolute Gasteiger partial charge is 0.433 e. The molecule has 33 heavy (non-hydrogen) atoms. The fourth-order valence-corrected chi connectivity index (χ4v) is 3.59. The van der Waals surface area contributed by atoms with E-state index in [-0.39, 0.29) is 48.3 Å². The van der Waals surface area contributed by atoms with Crippen molar-refractivity contribution in [2.45, 2.75) is 12.1 Å². The van der Waals surface area contributed by atoms with Gasteiger partial charge in [0, 0.05) is 24.7 Å². The highest BCUT2D eigenvalue weighted by molar-refractivity contribution is 5.93. The lowest BCUT2D eigenvalue weighted by Crippen LogP contribution is -2.28. The molecule has 2 aromatic carbocycles. The number of aromatic nitrogens is 1. The van der Waals surface area contributed by atoms with E-state index in [0.29, 0.717) is 18.0 Å². The zero-order valence-corrected chi connectivity index (χ0v) is 18.8. The first-order chi connectivity index (χ1) is 14.9. The molecule has 0 unspecified atom stereocenters. The summed E-state index contributed by atoms with van der Waals surface area (Å²) in [5.41, 5.74) is 0.760. The van der Waals surface area contributed by atoms with Gasteiger partial charge >= 0.3 is 6.18 Å². The number of amides is 1. The van der Waals surface area contributed by atoms with Gasteiger partial charge in [-0.25, -0.2) is 4.98 Å². The molecule has 5 nitrogen and oxygen atoms in total. The molecule has 0 aliphatic carbocycles. The summed E-state index contributed by atoms with van der Waals surface area (Å²) in [6.45, 7) is 1.35. The van der Waals surface area contributed by atoms with Crippen molar-refractivity contribution in [3.63, 3.8) is 0 Å². The zero-order chi connectivity index (χ0) is 21.8. The maximum atomic E-state index is 12.8. The number of benzene rings is 2. The van der Waals surface area contributed by atoms with Crippen molar-refractivity contribution in [3.05, 3.63) is 84.2 Å². The number of nitrogens with one attached hydrogen (secondary N) is 2. The standard InChI is InChI=1S/C23H20F3N3O2.2ClH/c24-23(25,26)21-11-10-18(12-28-21)31-17-8-6-16(7-9-17)29-22(30)20-14-27-13-19(20)15-4-2-1-3-5-15;;/h1-12,19-20,27H,13-14H2,(H,29,30);2*1H/t19-,20+;;/m1../s1. The van der Waals surface area contributed by atoms with Gasteiger partial charge in [-0.05, 0) is 42.0 Å². The number of alkyl halides is 3. The van der Waals surface area contributed by atoms with Gasteiger partial charge in [0.15, 0.2) is 0 Å². The second kappa shape index (κ2) is 11.4. The van der Waals surface area contributed by atoms with Crippen molar-refractivity contribution in [3.8, 4) is 11.5 Å². The molecule has 10 heteroatoms. The van der Waals surface area contributed by atoms with Crippen LogP contribution in [0.15, 0.2) is 72.9 Å². The largest absolute Gasteiger partial charge is 0.456 e. The zero-order valence-electron chi connectivity index (χ0n) is 17.2. The van der Waals surface area contributed by atoms with Gasteiger partial charge in [-0.3, -0.25) is 4.79 Å². The molecule has 0 radical (unpaired) electrons. The van der Waals surface area contributed by atoms with E-state index < -0.39 is 11.9 Å². The Morgan fingerprint density at radius 3 is 2.21 bits per heavy atom. The molecule has 0 saturated carbocycles. The Morgan fingerprint density at radius 1 is 0.939 bits per heavy atom. The minimum absolute atomic E-state index is 0. The minimum Gasteiger partial charge on any atom is -0.456 e. The maximum absolute atomic E-state index is 12.8. The van der Waals surface area contributed by atoms with E-state index in [2.05, 4.69) is 15.6 Å². The number of hydrogen-bond acceptors (Lipinski definition) is 4. The monoisotopic (exact) mass is 499 g/mol. The second-order valence-corrected chi connectivity index (χ2v) is 7.27. The van der Waals surface area contributed by atoms with Crippen LogP contribution in [0.3, 0.4) is 0 Å². The predicted molar refractivity (Wildman–Crippen MR) is 124 cm³/mol. The molecule has 1 saturated heterocycles. The van der Waals surface area contributed by atoms with E-state index in [1.165, 1.54) is 6.07 Å². The van der Waals surface area contributed by atoms with Gasteiger partial charge in [0.1, 0.15) is 17.2 Å². The Kier molecular flexibility index (Phi) is 9.10. The van der Waals surface area contributed by atoms with E-state index in [0.717, 1.165) is 24.4 Å². The average Bonchev–Trinajstić information content (AvgIpc) is 3.26. The van der Waals surface area contributed by atoms with Crippen molar-refractivity contribution < 1.29 is 22.7 Å². The molecular formula is C23H22Cl2F3N3O2. The average molecular weight is 500 g/mol. The molecule has 0 bridgehead atoms. The molecule has 2 atom stereocenters. The topological polar surface area (TPSA) is 63.2 Å². The number of ether oxygens (including phenoxy) is 1. The highest BCUT2D eigenvalue weighted by Gasteiger charge is 2.34. The summed E-state index contributed by atoms with van der Waals surface area (Å²) in [6.07, 6.45) is -3.47. The fourth-order valence-electron chi connectivity index (χ4n) is 3.59. The van der Waals surface area contributed by atoms with Crippen molar-refractivity contribution >= 4 is 36.4 Å². The third-order valence-corrected chi connectivity index (χ3v) is 5.16. The molecular weight excluding hydrogens is 478 g/mol. The summed E-state index contributed by atoms with van der Waals surface area (Å²) in [5.74, 6) is 0.462. The van der Waals surface area contributed by atoms with E-state index >= 15 is 0 Å². The lowest BCUT2D eigenvalue weighted by atomic mass is 9.88. The summed E-state index contributed by atoms with van der Waals surface area (Å²) in [4.78, 5) is 16.2. The Balaban J connectivity index is 0.00000193. The van der Waals surface area contributed by atoms with Crippen LogP contribution in [0.5, 0.6) is 11.5 Å². The quantitative estimate of drug-likeness (QED) is 0.474. The van der Waals surface area contributed by atoms with Crippen molar-refractivity contribution in [2.24, 2.45) is 5.92 Å². The lowest BCUT2D eigenvalue weighted by Gasteiger charge is -2.18. The first-order valence-electron chi connectivity index (χ1n) is 9.78. The normalized spacial score (nSPS) is 17.4. The van der Waals surface area contributed by atoms with Crippen molar-refractivity contribution in [1.29, 1.82) is 0 Å². The predicted octanol–water partition coefficient (Wildman–Crippen LogP) is 5.68. The number of carbonyl (C=O) groups is 1. The minimum atomic E-state index is -4.49. The molecule has 1 aliphatic heterocycles. The molecule has 176 valence electrons. The molecule has 1 fully saturated rings. The van der Waals surface area contributed by atoms with Gasteiger partial charge in [-0.1, -0.05) is 30.3 Å². The van der Waals surface area contributed by atoms with Crippen LogP contribution in [-0.2, 0) is 11.0 Å². The SMILES string of the molecule is Cl.Cl.O=C(Nc1ccc(Oc2ccc(C(F)(F)F)nc2)cc1)[C@H]1CNC[C@@H]1c1ccccc1. The molecule has 2 heterocycles. The first kappa shape index (κ1) is 26.4. The molecule has 1 aromatic heterocycles. The van der Waals surface area contributed by atoms with Crippen LogP contribution in [0.1, 0.15) is 17.2 Å². The van der Waals surface area contributed by atoms with Crippen LogP contribution in [0.2, 0.25) is 0 Å². The number of pyridine rings is 1. The Labute approximate surface area is 201 Å². The Hall–Kier alpha value is -2.81. The third kappa shape index (κ3) is 6.60. The maximum Gasteiger partial charge on any atom is 0.433 e. The van der Waals surface area contributed by atoms with Gasteiger partial charge in [-0.2, -0.15) is 13.2 Å². The number of anilines is 1. The highest BCUT2D eigenvalue weighted by atomic mass is 35.5. The van der Waals surface area contributed by atoms with Crippen LogP contribution >= 0.6 is 24.8 Å². The van der Waals surface area contributed by atoms with E-state index in [9.17, 15) is 18.0 Å². The molecule has 1 amide bonds. The van der Waals surface area contributed by atoms with E-state index in [1.54, 1.807) is 24.3 Å². The highest BCUT2D eigenvalue weighted by Crippen LogP contribution is 2.31. The van der Waals surface area contributed by atoms with E-state index in [4.69, 9.17) is 4.74 Å². The van der Waals surface area contributed by atoms with Crippen LogP contribution in [0.4, 0.5) is 18.9 Å². The van der Waals surface area contributed by atoms with Crippen LogP contribution in [-0.4, -0.2) is 24.0 Å². The summed E-state index contributed by atoms with van der Waals surface area (Å²) < 4.78 is 43.3. The Morgan fingerprint density at radius 2 is 1.61 bits per heavy atom. The number of hydrogen-bond donors (Lipinski definition) is 2. The summed E-state index contributed by atoms with van der Waals surface area (Å²) in [6, 6.07) is 18.6. The molecule has 3 aromatic rings. The van der Waals surface area contributed by atoms with Crippen LogP contribution in [0, 0.1) is 5.92 Å². The second-order valence-electron chi connectivity index (χ2n) is 7.27. The number of nitrogens with zero attached hydrogens (tertiary/aromatic N) is 1. The molecule has 0 spiro atoms. The first-order valence-corrected chi connectivity index (χ1v) is 9.78. The molecule has 2 N–H and O–H groups in total. The number of halogens is 5.